The Morgan fingerprint density at radius 3 is 2.93 bits per heavy atom. The SMILES string of the molecule is CN1CCC2(C1)NC(=NC1CC1)NC2=O. The number of guanidine groups is 1. The van der Waals surface area contributed by atoms with E-state index in [0.717, 1.165) is 32.4 Å². The van der Waals surface area contributed by atoms with E-state index < -0.39 is 5.54 Å². The van der Waals surface area contributed by atoms with Crippen LogP contribution in [0.1, 0.15) is 19.3 Å². The van der Waals surface area contributed by atoms with E-state index in [1.165, 1.54) is 0 Å². The van der Waals surface area contributed by atoms with Crippen LogP contribution in [0.4, 0.5) is 0 Å². The Bertz CT molecular complexity index is 336. The summed E-state index contributed by atoms with van der Waals surface area (Å²) in [6.45, 7) is 1.75. The van der Waals surface area contributed by atoms with Gasteiger partial charge in [-0.3, -0.25) is 10.1 Å². The Hall–Kier alpha value is -1.10. The van der Waals surface area contributed by atoms with Crippen LogP contribution in [0.15, 0.2) is 4.99 Å². The minimum Gasteiger partial charge on any atom is -0.340 e. The molecule has 0 bridgehead atoms. The average molecular weight is 208 g/mol. The van der Waals surface area contributed by atoms with Gasteiger partial charge in [0, 0.05) is 13.1 Å². The van der Waals surface area contributed by atoms with Gasteiger partial charge in [0.05, 0.1) is 6.04 Å². The van der Waals surface area contributed by atoms with Crippen molar-refractivity contribution in [2.75, 3.05) is 20.1 Å². The Labute approximate surface area is 88.9 Å². The summed E-state index contributed by atoms with van der Waals surface area (Å²) in [7, 11) is 2.04. The van der Waals surface area contributed by atoms with Crippen LogP contribution in [-0.4, -0.2) is 48.5 Å². The maximum atomic E-state index is 11.9. The fourth-order valence-corrected chi connectivity index (χ4v) is 2.28. The van der Waals surface area contributed by atoms with Crippen molar-refractivity contribution >= 4 is 11.9 Å². The fourth-order valence-electron chi connectivity index (χ4n) is 2.28. The molecular weight excluding hydrogens is 192 g/mol. The van der Waals surface area contributed by atoms with Crippen LogP contribution >= 0.6 is 0 Å². The van der Waals surface area contributed by atoms with Gasteiger partial charge in [-0.2, -0.15) is 0 Å². The minimum absolute atomic E-state index is 0.0891. The van der Waals surface area contributed by atoms with Crippen molar-refractivity contribution in [2.24, 2.45) is 4.99 Å². The highest BCUT2D eigenvalue weighted by Gasteiger charge is 2.49. The van der Waals surface area contributed by atoms with E-state index >= 15 is 0 Å². The summed E-state index contributed by atoms with van der Waals surface area (Å²) in [4.78, 5) is 18.5. The molecule has 3 fully saturated rings. The first-order valence-electron chi connectivity index (χ1n) is 5.54. The number of likely N-dealkylation sites (N-methyl/N-ethyl adjacent to an activating group) is 1. The van der Waals surface area contributed by atoms with Gasteiger partial charge >= 0.3 is 0 Å². The maximum Gasteiger partial charge on any atom is 0.253 e. The molecule has 0 aromatic heterocycles. The van der Waals surface area contributed by atoms with E-state index in [4.69, 9.17) is 0 Å². The average Bonchev–Trinajstić information content (AvgIpc) is 2.83. The highest BCUT2D eigenvalue weighted by Crippen LogP contribution is 2.26. The van der Waals surface area contributed by atoms with Gasteiger partial charge in [0.1, 0.15) is 5.54 Å². The van der Waals surface area contributed by atoms with Crippen LogP contribution in [0.2, 0.25) is 0 Å². The predicted octanol–water partition coefficient (Wildman–Crippen LogP) is -0.701. The topological polar surface area (TPSA) is 56.7 Å². The number of nitrogens with zero attached hydrogens (tertiary/aromatic N) is 2. The Morgan fingerprint density at radius 1 is 1.53 bits per heavy atom. The standard InChI is InChI=1S/C10H16N4O/c1-14-5-4-10(6-14)8(15)12-9(13-10)11-7-2-3-7/h7H,2-6H2,1H3,(H2,11,12,13,15). The van der Waals surface area contributed by atoms with E-state index in [1.807, 2.05) is 7.05 Å². The van der Waals surface area contributed by atoms with Crippen LogP contribution in [0.3, 0.4) is 0 Å². The Balaban J connectivity index is 1.78. The van der Waals surface area contributed by atoms with Gasteiger partial charge in [0.15, 0.2) is 5.96 Å². The zero-order valence-electron chi connectivity index (χ0n) is 8.92. The van der Waals surface area contributed by atoms with Crippen molar-refractivity contribution in [3.63, 3.8) is 0 Å². The van der Waals surface area contributed by atoms with Crippen molar-refractivity contribution in [3.05, 3.63) is 0 Å². The lowest BCUT2D eigenvalue weighted by Gasteiger charge is -2.19. The second kappa shape index (κ2) is 2.95. The molecule has 1 aliphatic carbocycles. The summed E-state index contributed by atoms with van der Waals surface area (Å²) in [5, 5.41) is 6.12. The highest BCUT2D eigenvalue weighted by atomic mass is 16.2. The summed E-state index contributed by atoms with van der Waals surface area (Å²) >= 11 is 0. The number of carbonyl (C=O) groups is 1. The second-order valence-electron chi connectivity index (χ2n) is 4.86. The third-order valence-electron chi connectivity index (χ3n) is 3.34. The quantitative estimate of drug-likeness (QED) is 0.599. The molecule has 3 aliphatic rings. The van der Waals surface area contributed by atoms with Gasteiger partial charge in [-0.15, -0.1) is 0 Å². The van der Waals surface area contributed by atoms with E-state index in [-0.39, 0.29) is 5.91 Å². The van der Waals surface area contributed by atoms with Gasteiger partial charge in [-0.05, 0) is 26.3 Å². The van der Waals surface area contributed by atoms with Crippen molar-refractivity contribution in [3.8, 4) is 0 Å². The molecule has 2 N–H and O–H groups in total. The lowest BCUT2D eigenvalue weighted by Crippen LogP contribution is -2.48. The number of rotatable bonds is 1. The van der Waals surface area contributed by atoms with Crippen LogP contribution in [0.25, 0.3) is 0 Å². The monoisotopic (exact) mass is 208 g/mol. The molecular formula is C10H16N4O. The van der Waals surface area contributed by atoms with Crippen molar-refractivity contribution in [1.82, 2.24) is 15.5 Å². The normalized spacial score (nSPS) is 38.7. The molecule has 2 heterocycles. The van der Waals surface area contributed by atoms with Crippen molar-refractivity contribution < 1.29 is 4.79 Å². The van der Waals surface area contributed by atoms with E-state index in [0.29, 0.717) is 12.0 Å². The summed E-state index contributed by atoms with van der Waals surface area (Å²) in [6.07, 6.45) is 3.20. The number of aliphatic imine (C=N–C) groups is 1. The maximum absolute atomic E-state index is 11.9. The van der Waals surface area contributed by atoms with Crippen LogP contribution in [0, 0.1) is 0 Å². The van der Waals surface area contributed by atoms with Gasteiger partial charge in [0.2, 0.25) is 0 Å². The predicted molar refractivity (Wildman–Crippen MR) is 56.6 cm³/mol. The van der Waals surface area contributed by atoms with E-state index in [9.17, 15) is 4.79 Å². The first kappa shape index (κ1) is 9.15. The van der Waals surface area contributed by atoms with Crippen molar-refractivity contribution in [2.45, 2.75) is 30.8 Å². The van der Waals surface area contributed by atoms with Gasteiger partial charge < -0.3 is 10.2 Å². The number of amides is 1. The highest BCUT2D eigenvalue weighted by molar-refractivity contribution is 6.09. The largest absolute Gasteiger partial charge is 0.340 e. The van der Waals surface area contributed by atoms with Crippen molar-refractivity contribution in [1.29, 1.82) is 0 Å². The first-order valence-corrected chi connectivity index (χ1v) is 5.54. The van der Waals surface area contributed by atoms with Crippen LogP contribution in [-0.2, 0) is 4.79 Å². The first-order chi connectivity index (χ1) is 7.18. The molecule has 15 heavy (non-hydrogen) atoms. The molecule has 1 unspecified atom stereocenters. The summed E-state index contributed by atoms with van der Waals surface area (Å²) in [6, 6.07) is 0.446. The molecule has 2 aliphatic heterocycles. The molecule has 1 saturated carbocycles. The molecule has 5 nitrogen and oxygen atoms in total. The summed E-state index contributed by atoms with van der Waals surface area (Å²) in [5.41, 5.74) is -0.400. The summed E-state index contributed by atoms with van der Waals surface area (Å²) < 4.78 is 0. The second-order valence-corrected chi connectivity index (χ2v) is 4.86. The molecule has 3 rings (SSSR count). The molecule has 5 heteroatoms. The van der Waals surface area contributed by atoms with E-state index in [2.05, 4.69) is 20.5 Å². The number of hydrogen-bond acceptors (Lipinski definition) is 3. The van der Waals surface area contributed by atoms with Crippen LogP contribution < -0.4 is 10.6 Å². The number of hydrogen-bond donors (Lipinski definition) is 2. The molecule has 0 aromatic carbocycles. The molecule has 82 valence electrons. The van der Waals surface area contributed by atoms with Crippen LogP contribution in [0.5, 0.6) is 0 Å². The zero-order valence-corrected chi connectivity index (χ0v) is 8.92. The number of likely N-dealkylation sites (tertiary alicyclic amines) is 1. The van der Waals surface area contributed by atoms with Gasteiger partial charge in [0.25, 0.3) is 5.91 Å². The lowest BCUT2D eigenvalue weighted by molar-refractivity contribution is -0.123. The van der Waals surface area contributed by atoms with Gasteiger partial charge in [-0.25, -0.2) is 4.99 Å². The van der Waals surface area contributed by atoms with E-state index in [1.54, 1.807) is 0 Å². The third-order valence-corrected chi connectivity index (χ3v) is 3.34. The number of carbonyl (C=O) groups excluding carboxylic acids is 1. The van der Waals surface area contributed by atoms with Gasteiger partial charge in [-0.1, -0.05) is 0 Å². The molecule has 0 radical (unpaired) electrons. The molecule has 2 saturated heterocycles. The minimum atomic E-state index is -0.400. The molecule has 1 atom stereocenters. The third kappa shape index (κ3) is 1.51. The fraction of sp³-hybridized carbons (Fsp3) is 0.800. The lowest BCUT2D eigenvalue weighted by atomic mass is 10.00. The summed E-state index contributed by atoms with van der Waals surface area (Å²) in [5.74, 6) is 0.782. The smallest absolute Gasteiger partial charge is 0.253 e. The number of nitrogens with one attached hydrogen (secondary N) is 2. The Kier molecular flexibility index (Phi) is 1.80. The zero-order chi connectivity index (χ0) is 10.5. The molecule has 0 aromatic rings. The molecule has 1 amide bonds. The molecule has 1 spiro atoms. The Morgan fingerprint density at radius 2 is 2.33 bits per heavy atom.